The predicted molar refractivity (Wildman–Crippen MR) is 67.5 cm³/mol. The molecule has 5 heteroatoms. The maximum Gasteiger partial charge on any atom is 0.274 e. The molecule has 0 heterocycles. The third kappa shape index (κ3) is 5.16. The second-order valence-electron chi connectivity index (χ2n) is 3.97. The summed E-state index contributed by atoms with van der Waals surface area (Å²) in [6, 6.07) is 6.95. The molecule has 0 unspecified atom stereocenters. The van der Waals surface area contributed by atoms with Crippen LogP contribution in [0.15, 0.2) is 24.3 Å². The number of rotatable bonds is 7. The van der Waals surface area contributed by atoms with Crippen molar-refractivity contribution in [3.05, 3.63) is 29.8 Å². The van der Waals surface area contributed by atoms with Crippen LogP contribution in [0.1, 0.15) is 24.2 Å². The Morgan fingerprint density at radius 1 is 1.33 bits per heavy atom. The molecule has 1 aromatic rings. The van der Waals surface area contributed by atoms with Gasteiger partial charge in [-0.05, 0) is 32.0 Å². The van der Waals surface area contributed by atoms with Gasteiger partial charge in [0, 0.05) is 12.7 Å². The number of benzene rings is 1. The summed E-state index contributed by atoms with van der Waals surface area (Å²) >= 11 is 0. The van der Waals surface area contributed by atoms with Crippen LogP contribution in [0.4, 0.5) is 0 Å². The van der Waals surface area contributed by atoms with Gasteiger partial charge in [0.1, 0.15) is 5.75 Å². The number of methoxy groups -OCH3 is 1. The van der Waals surface area contributed by atoms with E-state index in [2.05, 4.69) is 5.48 Å². The zero-order chi connectivity index (χ0) is 13.4. The Bertz CT molecular complexity index is 379. The van der Waals surface area contributed by atoms with Crippen molar-refractivity contribution in [2.24, 2.45) is 0 Å². The highest BCUT2D eigenvalue weighted by atomic mass is 16.7. The summed E-state index contributed by atoms with van der Waals surface area (Å²) in [6.45, 7) is 4.60. The zero-order valence-electron chi connectivity index (χ0n) is 10.9. The topological polar surface area (TPSA) is 56.8 Å². The Balaban J connectivity index is 2.51. The summed E-state index contributed by atoms with van der Waals surface area (Å²) in [5.41, 5.74) is 2.83. The molecule has 1 aromatic carbocycles. The molecule has 0 saturated heterocycles. The summed E-state index contributed by atoms with van der Waals surface area (Å²) < 4.78 is 10.3. The molecule has 0 bridgehead atoms. The minimum Gasteiger partial charge on any atom is -0.491 e. The summed E-state index contributed by atoms with van der Waals surface area (Å²) in [4.78, 5) is 16.7. The van der Waals surface area contributed by atoms with Gasteiger partial charge in [0.05, 0.1) is 19.3 Å². The number of hydrogen-bond acceptors (Lipinski definition) is 4. The molecule has 0 fully saturated rings. The van der Waals surface area contributed by atoms with Crippen molar-refractivity contribution in [1.82, 2.24) is 5.48 Å². The Kier molecular flexibility index (Phi) is 6.18. The lowest BCUT2D eigenvalue weighted by Crippen LogP contribution is -2.25. The molecule has 0 aromatic heterocycles. The second kappa shape index (κ2) is 7.68. The molecule has 100 valence electrons. The Labute approximate surface area is 107 Å². The fourth-order valence-electron chi connectivity index (χ4n) is 1.28. The van der Waals surface area contributed by atoms with Crippen LogP contribution in [0.3, 0.4) is 0 Å². The van der Waals surface area contributed by atoms with E-state index < -0.39 is 0 Å². The molecule has 1 N–H and O–H groups in total. The summed E-state index contributed by atoms with van der Waals surface area (Å²) in [6.07, 6.45) is 0.0706. The zero-order valence-corrected chi connectivity index (χ0v) is 10.9. The summed E-state index contributed by atoms with van der Waals surface area (Å²) in [5, 5.41) is 0. The van der Waals surface area contributed by atoms with E-state index in [1.165, 1.54) is 0 Å². The van der Waals surface area contributed by atoms with Gasteiger partial charge in [-0.15, -0.1) is 0 Å². The summed E-state index contributed by atoms with van der Waals surface area (Å²) in [7, 11) is 1.57. The standard InChI is InChI=1S/C13H19NO4/c1-10(2)18-12-6-4-5-11(9-12)13(15)14-17-8-7-16-3/h4-6,9-10H,7-8H2,1-3H3,(H,14,15). The maximum absolute atomic E-state index is 11.7. The first kappa shape index (κ1) is 14.5. The first-order valence-corrected chi connectivity index (χ1v) is 5.81. The number of amides is 1. The molecular formula is C13H19NO4. The lowest BCUT2D eigenvalue weighted by atomic mass is 10.2. The lowest BCUT2D eigenvalue weighted by Gasteiger charge is -2.11. The minimum atomic E-state index is -0.305. The van der Waals surface area contributed by atoms with Crippen molar-refractivity contribution in [3.63, 3.8) is 0 Å². The molecule has 0 atom stereocenters. The van der Waals surface area contributed by atoms with Gasteiger partial charge >= 0.3 is 0 Å². The van der Waals surface area contributed by atoms with Crippen LogP contribution in [0.2, 0.25) is 0 Å². The van der Waals surface area contributed by atoms with E-state index in [4.69, 9.17) is 14.3 Å². The molecule has 0 saturated carbocycles. The molecule has 18 heavy (non-hydrogen) atoms. The predicted octanol–water partition coefficient (Wildman–Crippen LogP) is 1.78. The van der Waals surface area contributed by atoms with E-state index in [-0.39, 0.29) is 12.0 Å². The van der Waals surface area contributed by atoms with Crippen molar-refractivity contribution >= 4 is 5.91 Å². The number of hydrogen-bond donors (Lipinski definition) is 1. The highest BCUT2D eigenvalue weighted by molar-refractivity contribution is 5.93. The van der Waals surface area contributed by atoms with Crippen molar-refractivity contribution < 1.29 is 19.1 Å². The number of carbonyl (C=O) groups excluding carboxylic acids is 1. The van der Waals surface area contributed by atoms with Crippen molar-refractivity contribution in [1.29, 1.82) is 0 Å². The maximum atomic E-state index is 11.7. The smallest absolute Gasteiger partial charge is 0.274 e. The second-order valence-corrected chi connectivity index (χ2v) is 3.97. The quantitative estimate of drug-likeness (QED) is 0.594. The van der Waals surface area contributed by atoms with E-state index in [0.717, 1.165) is 0 Å². The van der Waals surface area contributed by atoms with Crippen LogP contribution in [0, 0.1) is 0 Å². The van der Waals surface area contributed by atoms with Gasteiger partial charge in [0.15, 0.2) is 0 Å². The number of ether oxygens (including phenoxy) is 2. The normalized spacial score (nSPS) is 10.4. The van der Waals surface area contributed by atoms with Gasteiger partial charge in [0.25, 0.3) is 5.91 Å². The molecule has 0 spiro atoms. The van der Waals surface area contributed by atoms with Gasteiger partial charge in [-0.25, -0.2) is 5.48 Å². The monoisotopic (exact) mass is 253 g/mol. The van der Waals surface area contributed by atoms with Crippen LogP contribution in [0.25, 0.3) is 0 Å². The van der Waals surface area contributed by atoms with Gasteiger partial charge in [-0.1, -0.05) is 6.07 Å². The first-order chi connectivity index (χ1) is 8.63. The molecular weight excluding hydrogens is 234 g/mol. The van der Waals surface area contributed by atoms with Gasteiger partial charge in [-0.2, -0.15) is 0 Å². The number of hydroxylamine groups is 1. The molecule has 0 aliphatic carbocycles. The first-order valence-electron chi connectivity index (χ1n) is 5.81. The average molecular weight is 253 g/mol. The fraction of sp³-hybridized carbons (Fsp3) is 0.462. The van der Waals surface area contributed by atoms with E-state index in [9.17, 15) is 4.79 Å². The van der Waals surface area contributed by atoms with Gasteiger partial charge < -0.3 is 9.47 Å². The van der Waals surface area contributed by atoms with Crippen molar-refractivity contribution in [3.8, 4) is 5.75 Å². The third-order valence-electron chi connectivity index (χ3n) is 2.02. The lowest BCUT2D eigenvalue weighted by molar-refractivity contribution is 0.00886. The van der Waals surface area contributed by atoms with Crippen molar-refractivity contribution in [2.45, 2.75) is 20.0 Å². The van der Waals surface area contributed by atoms with Crippen molar-refractivity contribution in [2.75, 3.05) is 20.3 Å². The Morgan fingerprint density at radius 2 is 2.11 bits per heavy atom. The van der Waals surface area contributed by atoms with Gasteiger partial charge in [0.2, 0.25) is 0 Å². The molecule has 0 aliphatic heterocycles. The van der Waals surface area contributed by atoms with Crippen LogP contribution < -0.4 is 10.2 Å². The van der Waals surface area contributed by atoms with Crippen LogP contribution in [0.5, 0.6) is 5.75 Å². The largest absolute Gasteiger partial charge is 0.491 e. The fourth-order valence-corrected chi connectivity index (χ4v) is 1.28. The van der Waals surface area contributed by atoms with E-state index in [0.29, 0.717) is 24.5 Å². The van der Waals surface area contributed by atoms with Crippen LogP contribution >= 0.6 is 0 Å². The Morgan fingerprint density at radius 3 is 2.78 bits per heavy atom. The average Bonchev–Trinajstić information content (AvgIpc) is 2.34. The van der Waals surface area contributed by atoms with Crippen LogP contribution in [-0.4, -0.2) is 32.3 Å². The van der Waals surface area contributed by atoms with Gasteiger partial charge in [-0.3, -0.25) is 9.63 Å². The molecule has 1 rings (SSSR count). The third-order valence-corrected chi connectivity index (χ3v) is 2.02. The molecule has 0 aliphatic rings. The SMILES string of the molecule is COCCONC(=O)c1cccc(OC(C)C)c1. The molecule has 1 amide bonds. The molecule has 0 radical (unpaired) electrons. The highest BCUT2D eigenvalue weighted by Gasteiger charge is 2.07. The minimum absolute atomic E-state index is 0.0706. The van der Waals surface area contributed by atoms with Crippen LogP contribution in [-0.2, 0) is 9.57 Å². The summed E-state index contributed by atoms with van der Waals surface area (Å²) in [5.74, 6) is 0.356. The van der Waals surface area contributed by atoms with E-state index in [1.54, 1.807) is 25.3 Å². The Hall–Kier alpha value is -1.59. The van der Waals surface area contributed by atoms with E-state index >= 15 is 0 Å². The van der Waals surface area contributed by atoms with E-state index in [1.807, 2.05) is 19.9 Å². The molecule has 5 nitrogen and oxygen atoms in total. The number of carbonyl (C=O) groups is 1. The highest BCUT2D eigenvalue weighted by Crippen LogP contribution is 2.14. The number of nitrogens with one attached hydrogen (secondary N) is 1.